The molecule has 0 amide bonds. The van der Waals surface area contributed by atoms with Crippen molar-refractivity contribution in [3.63, 3.8) is 0 Å². The smallest absolute Gasteiger partial charge is 0.164 e. The third kappa shape index (κ3) is 4.79. The van der Waals surface area contributed by atoms with Gasteiger partial charge in [0.15, 0.2) is 17.5 Å². The van der Waals surface area contributed by atoms with Crippen LogP contribution in [-0.4, -0.2) is 15.0 Å². The molecular weight excluding hydrogens is 631 g/mol. The predicted molar refractivity (Wildman–Crippen MR) is 207 cm³/mol. The predicted octanol–water partition coefficient (Wildman–Crippen LogP) is 12.5. The van der Waals surface area contributed by atoms with Gasteiger partial charge in [0, 0.05) is 47.6 Å². The van der Waals surface area contributed by atoms with E-state index in [9.17, 15) is 0 Å². The Bertz CT molecular complexity index is 2860. The summed E-state index contributed by atoms with van der Waals surface area (Å²) >= 11 is 1.84. The lowest BCUT2D eigenvalue weighted by atomic mass is 10.0. The molecule has 10 rings (SSSR count). The molecule has 0 N–H and O–H groups in total. The third-order valence-electron chi connectivity index (χ3n) is 9.37. The molecule has 4 nitrogen and oxygen atoms in total. The van der Waals surface area contributed by atoms with Crippen LogP contribution in [0.4, 0.5) is 0 Å². The van der Waals surface area contributed by atoms with Crippen LogP contribution in [0.25, 0.3) is 98.5 Å². The Morgan fingerprint density at radius 1 is 0.380 bits per heavy atom. The summed E-state index contributed by atoms with van der Waals surface area (Å²) in [6.07, 6.45) is 0. The van der Waals surface area contributed by atoms with Crippen molar-refractivity contribution >= 4 is 53.4 Å². The molecule has 0 saturated carbocycles. The largest absolute Gasteiger partial charge is 0.456 e. The molecule has 0 aliphatic carbocycles. The Hall–Kier alpha value is -6.43. The van der Waals surface area contributed by atoms with Gasteiger partial charge in [-0.1, -0.05) is 140 Å². The van der Waals surface area contributed by atoms with Gasteiger partial charge in [0.25, 0.3) is 0 Å². The van der Waals surface area contributed by atoms with Gasteiger partial charge in [-0.05, 0) is 46.5 Å². The van der Waals surface area contributed by atoms with Crippen molar-refractivity contribution < 1.29 is 4.42 Å². The van der Waals surface area contributed by atoms with Crippen LogP contribution in [0, 0.1) is 0 Å². The Morgan fingerprint density at radius 2 is 0.980 bits per heavy atom. The van der Waals surface area contributed by atoms with Crippen LogP contribution in [0.3, 0.4) is 0 Å². The lowest BCUT2D eigenvalue weighted by Crippen LogP contribution is -2.00. The molecule has 0 atom stereocenters. The van der Waals surface area contributed by atoms with Crippen LogP contribution < -0.4 is 0 Å². The standard InChI is InChI=1S/C45H27N3OS/c1-3-11-28(12-4-1)32-25-26-38-37(27-32)41-36(18-10-19-39(41)49-38)45-47-43(30-13-5-2-6-14-30)46-44(48-45)31-23-21-29(22-24-31)33-16-9-17-35-34-15-7-8-20-40(34)50-42(33)35/h1-27H. The number of thiophene rings is 1. The molecule has 0 saturated heterocycles. The molecule has 3 aromatic heterocycles. The van der Waals surface area contributed by atoms with E-state index in [0.29, 0.717) is 17.5 Å². The van der Waals surface area contributed by atoms with E-state index < -0.39 is 0 Å². The number of rotatable bonds is 5. The highest BCUT2D eigenvalue weighted by atomic mass is 32.1. The van der Waals surface area contributed by atoms with E-state index in [1.807, 2.05) is 59.9 Å². The van der Waals surface area contributed by atoms with E-state index in [2.05, 4.69) is 115 Å². The average Bonchev–Trinajstić information content (AvgIpc) is 3.77. The Balaban J connectivity index is 1.13. The first-order valence-electron chi connectivity index (χ1n) is 16.6. The molecule has 10 aromatic rings. The molecule has 0 spiro atoms. The zero-order valence-electron chi connectivity index (χ0n) is 26.7. The monoisotopic (exact) mass is 657 g/mol. The highest BCUT2D eigenvalue weighted by Crippen LogP contribution is 2.41. The van der Waals surface area contributed by atoms with Gasteiger partial charge in [0.1, 0.15) is 11.2 Å². The molecule has 50 heavy (non-hydrogen) atoms. The Kier molecular flexibility index (Phi) is 6.64. The Labute approximate surface area is 292 Å². The van der Waals surface area contributed by atoms with Crippen LogP contribution >= 0.6 is 11.3 Å². The molecular formula is C45H27N3OS. The first kappa shape index (κ1) is 28.6. The van der Waals surface area contributed by atoms with Crippen LogP contribution in [-0.2, 0) is 0 Å². The molecule has 7 aromatic carbocycles. The van der Waals surface area contributed by atoms with Crippen molar-refractivity contribution in [3.8, 4) is 56.4 Å². The first-order valence-corrected chi connectivity index (χ1v) is 17.4. The van der Waals surface area contributed by atoms with Crippen molar-refractivity contribution in [3.05, 3.63) is 164 Å². The second kappa shape index (κ2) is 11.6. The van der Waals surface area contributed by atoms with Gasteiger partial charge in [-0.2, -0.15) is 0 Å². The lowest BCUT2D eigenvalue weighted by molar-refractivity contribution is 0.669. The van der Waals surface area contributed by atoms with Crippen LogP contribution in [0.15, 0.2) is 168 Å². The summed E-state index contributed by atoms with van der Waals surface area (Å²) in [5, 5.41) is 4.61. The topological polar surface area (TPSA) is 51.8 Å². The minimum atomic E-state index is 0.603. The summed E-state index contributed by atoms with van der Waals surface area (Å²) in [6, 6.07) is 56.8. The quantitative estimate of drug-likeness (QED) is 0.185. The molecule has 0 unspecified atom stereocenters. The summed E-state index contributed by atoms with van der Waals surface area (Å²) in [4.78, 5) is 15.2. The van der Waals surface area contributed by atoms with Gasteiger partial charge in [-0.3, -0.25) is 0 Å². The van der Waals surface area contributed by atoms with Crippen LogP contribution in [0.1, 0.15) is 0 Å². The number of furan rings is 1. The fourth-order valence-corrected chi connectivity index (χ4v) is 8.18. The van der Waals surface area contributed by atoms with Crippen molar-refractivity contribution in [2.45, 2.75) is 0 Å². The minimum absolute atomic E-state index is 0.603. The first-order chi connectivity index (χ1) is 24.8. The SMILES string of the molecule is c1ccc(-c2ccc3oc4cccc(-c5nc(-c6ccccc6)nc(-c6ccc(-c7cccc8c7sc7ccccc78)cc6)n5)c4c3c2)cc1. The summed E-state index contributed by atoms with van der Waals surface area (Å²) in [6.45, 7) is 0. The van der Waals surface area contributed by atoms with Gasteiger partial charge in [0.05, 0.1) is 0 Å². The summed E-state index contributed by atoms with van der Waals surface area (Å²) in [5.41, 5.74) is 9.05. The maximum atomic E-state index is 6.37. The molecule has 5 heteroatoms. The zero-order chi connectivity index (χ0) is 33.0. The summed E-state index contributed by atoms with van der Waals surface area (Å²) < 4.78 is 8.97. The highest BCUT2D eigenvalue weighted by molar-refractivity contribution is 7.26. The summed E-state index contributed by atoms with van der Waals surface area (Å²) in [5.74, 6) is 1.85. The number of benzene rings is 7. The molecule has 0 aliphatic rings. The fraction of sp³-hybridized carbons (Fsp3) is 0. The second-order valence-corrected chi connectivity index (χ2v) is 13.4. The number of hydrogen-bond donors (Lipinski definition) is 0. The van der Waals surface area contributed by atoms with Crippen LogP contribution in [0.5, 0.6) is 0 Å². The molecule has 234 valence electrons. The molecule has 0 radical (unpaired) electrons. The van der Waals surface area contributed by atoms with E-state index in [0.717, 1.165) is 55.3 Å². The fourth-order valence-electron chi connectivity index (χ4n) is 6.94. The Morgan fingerprint density at radius 3 is 1.78 bits per heavy atom. The van der Waals surface area contributed by atoms with Gasteiger partial charge in [-0.25, -0.2) is 15.0 Å². The second-order valence-electron chi connectivity index (χ2n) is 12.4. The molecule has 0 aliphatic heterocycles. The van der Waals surface area contributed by atoms with Gasteiger partial charge in [0.2, 0.25) is 0 Å². The van der Waals surface area contributed by atoms with E-state index in [1.54, 1.807) is 0 Å². The van der Waals surface area contributed by atoms with Crippen molar-refractivity contribution in [1.29, 1.82) is 0 Å². The lowest BCUT2D eigenvalue weighted by Gasteiger charge is -2.10. The minimum Gasteiger partial charge on any atom is -0.456 e. The van der Waals surface area contributed by atoms with E-state index in [4.69, 9.17) is 19.4 Å². The van der Waals surface area contributed by atoms with Crippen molar-refractivity contribution in [2.75, 3.05) is 0 Å². The normalized spacial score (nSPS) is 11.6. The maximum absolute atomic E-state index is 6.37. The average molecular weight is 658 g/mol. The van der Waals surface area contributed by atoms with E-state index in [1.165, 1.54) is 25.7 Å². The van der Waals surface area contributed by atoms with Gasteiger partial charge < -0.3 is 4.42 Å². The van der Waals surface area contributed by atoms with Gasteiger partial charge >= 0.3 is 0 Å². The molecule has 3 heterocycles. The van der Waals surface area contributed by atoms with Gasteiger partial charge in [-0.15, -0.1) is 11.3 Å². The van der Waals surface area contributed by atoms with Crippen molar-refractivity contribution in [2.24, 2.45) is 0 Å². The number of aromatic nitrogens is 3. The van der Waals surface area contributed by atoms with E-state index in [-0.39, 0.29) is 0 Å². The van der Waals surface area contributed by atoms with Crippen molar-refractivity contribution in [1.82, 2.24) is 15.0 Å². The van der Waals surface area contributed by atoms with Crippen LogP contribution in [0.2, 0.25) is 0 Å². The molecule has 0 bridgehead atoms. The highest BCUT2D eigenvalue weighted by Gasteiger charge is 2.19. The van der Waals surface area contributed by atoms with E-state index >= 15 is 0 Å². The summed E-state index contributed by atoms with van der Waals surface area (Å²) in [7, 11) is 0. The number of fused-ring (bicyclic) bond motifs is 6. The number of nitrogens with zero attached hydrogens (tertiary/aromatic N) is 3. The molecule has 0 fully saturated rings. The zero-order valence-corrected chi connectivity index (χ0v) is 27.6. The third-order valence-corrected chi connectivity index (χ3v) is 10.6. The number of hydrogen-bond acceptors (Lipinski definition) is 5. The maximum Gasteiger partial charge on any atom is 0.164 e.